The molecule has 10 rings (SSSR count). The molecule has 0 fully saturated rings. The number of aryl methyl sites for hydroxylation is 5. The molecule has 0 aliphatic carbocycles. The van der Waals surface area contributed by atoms with E-state index >= 15 is 0 Å². The molecule has 1 unspecified atom stereocenters. The van der Waals surface area contributed by atoms with Gasteiger partial charge in [-0.3, -0.25) is 0 Å². The number of aromatic hydroxyl groups is 9. The minimum Gasteiger partial charge on any atom is -0.508 e. The lowest BCUT2D eigenvalue weighted by atomic mass is 9.68. The Morgan fingerprint density at radius 3 is 0.776 bits per heavy atom. The highest BCUT2D eigenvalue weighted by Crippen LogP contribution is 2.47. The standard InChI is InChI=1S/C76H74O9/c1-44-13-22-67(78)50(27-44)33-56-38-63(39-57(73(56)84)34-51-28-45(2)14-23-68(51)79)75(6,7)61-18-20-62(21-19-61)76(8,64-40-55(32-49-11-9-10-12-66(49)77)72(83)58(41-64)35-52-29-46(3)15-24-69(52)80)65-42-59(36-53-30-47(4)16-25-70(53)81)74(85)60(43-65)37-54-31-48(5)17-26-71(54)82/h9-31,38-43,77-85H,32-37H2,1-8H3. The summed E-state index contributed by atoms with van der Waals surface area (Å²) in [6.07, 6.45) is 1.16. The SMILES string of the molecule is Cc1ccc(O)c(Cc2cc(C(C)(C)c3ccc(C(C)(c4cc(Cc5ccccc5O)c(O)c(Cc5cc(C)ccc5O)c4)c4cc(Cc5cc(C)ccc5O)c(O)c(Cc5cc(C)ccc5O)c4)cc3)cc(Cc3cc(C)ccc3O)c2O)c1. The summed E-state index contributed by atoms with van der Waals surface area (Å²) in [6, 6.07) is 54.4. The van der Waals surface area contributed by atoms with Crippen LogP contribution in [0.5, 0.6) is 51.7 Å². The number of hydrogen-bond acceptors (Lipinski definition) is 9. The summed E-state index contributed by atoms with van der Waals surface area (Å²) in [5, 5.41) is 104. The molecule has 10 aromatic carbocycles. The Labute approximate surface area is 498 Å². The average molecular weight is 1130 g/mol. The van der Waals surface area contributed by atoms with Gasteiger partial charge in [-0.25, -0.2) is 0 Å². The number of hydrogen-bond donors (Lipinski definition) is 9. The average Bonchev–Trinajstić information content (AvgIpc) is 3.65. The molecule has 0 bridgehead atoms. The fourth-order valence-corrected chi connectivity index (χ4v) is 12.1. The van der Waals surface area contributed by atoms with E-state index in [1.807, 2.05) is 144 Å². The van der Waals surface area contributed by atoms with Crippen molar-refractivity contribution >= 4 is 0 Å². The predicted molar refractivity (Wildman–Crippen MR) is 338 cm³/mol. The summed E-state index contributed by atoms with van der Waals surface area (Å²) in [5.41, 5.74) is 14.3. The van der Waals surface area contributed by atoms with Gasteiger partial charge in [-0.05, 0) is 173 Å². The first-order chi connectivity index (χ1) is 40.4. The molecule has 0 aliphatic heterocycles. The Morgan fingerprint density at radius 2 is 0.482 bits per heavy atom. The number of rotatable bonds is 17. The van der Waals surface area contributed by atoms with Crippen molar-refractivity contribution in [1.82, 2.24) is 0 Å². The van der Waals surface area contributed by atoms with Crippen molar-refractivity contribution in [3.63, 3.8) is 0 Å². The van der Waals surface area contributed by atoms with E-state index in [1.54, 1.807) is 42.5 Å². The van der Waals surface area contributed by atoms with E-state index in [9.17, 15) is 46.0 Å². The summed E-state index contributed by atoms with van der Waals surface area (Å²) in [7, 11) is 0. The normalized spacial score (nSPS) is 12.3. The second-order valence-corrected chi connectivity index (χ2v) is 24.1. The molecule has 0 heterocycles. The summed E-state index contributed by atoms with van der Waals surface area (Å²) in [5.74, 6) is 0.706. The summed E-state index contributed by atoms with van der Waals surface area (Å²) >= 11 is 0. The lowest BCUT2D eigenvalue weighted by Gasteiger charge is -2.35. The molecule has 0 saturated heterocycles. The van der Waals surface area contributed by atoms with Crippen molar-refractivity contribution in [2.75, 3.05) is 0 Å². The third-order valence-electron chi connectivity index (χ3n) is 17.3. The zero-order valence-corrected chi connectivity index (χ0v) is 49.5. The Balaban J connectivity index is 1.20. The van der Waals surface area contributed by atoms with Gasteiger partial charge >= 0.3 is 0 Å². The fraction of sp³-hybridized carbons (Fsp3) is 0.211. The lowest BCUT2D eigenvalue weighted by molar-refractivity contribution is 0.454. The molecule has 9 N–H and O–H groups in total. The molecule has 0 aromatic heterocycles. The molecule has 0 amide bonds. The fourth-order valence-electron chi connectivity index (χ4n) is 12.1. The van der Waals surface area contributed by atoms with Crippen molar-refractivity contribution in [2.45, 2.75) is 105 Å². The van der Waals surface area contributed by atoms with Crippen molar-refractivity contribution in [3.05, 3.63) is 298 Å². The lowest BCUT2D eigenvalue weighted by Crippen LogP contribution is -2.27. The first-order valence-corrected chi connectivity index (χ1v) is 28.8. The largest absolute Gasteiger partial charge is 0.508 e. The Kier molecular flexibility index (Phi) is 16.2. The topological polar surface area (TPSA) is 182 Å². The van der Waals surface area contributed by atoms with Gasteiger partial charge in [0.15, 0.2) is 0 Å². The second kappa shape index (κ2) is 23.6. The van der Waals surface area contributed by atoms with Gasteiger partial charge in [0, 0.05) is 49.4 Å². The molecule has 0 radical (unpaired) electrons. The van der Waals surface area contributed by atoms with Gasteiger partial charge < -0.3 is 46.0 Å². The van der Waals surface area contributed by atoms with Crippen LogP contribution >= 0.6 is 0 Å². The number of para-hydroxylation sites is 1. The molecular weight excluding hydrogens is 1060 g/mol. The van der Waals surface area contributed by atoms with Crippen LogP contribution in [0.3, 0.4) is 0 Å². The third-order valence-corrected chi connectivity index (χ3v) is 17.3. The number of phenols is 9. The first-order valence-electron chi connectivity index (χ1n) is 28.8. The van der Waals surface area contributed by atoms with Gasteiger partial charge in [-0.2, -0.15) is 0 Å². The zero-order chi connectivity index (χ0) is 60.6. The maximum Gasteiger partial charge on any atom is 0.122 e. The van der Waals surface area contributed by atoms with E-state index in [-0.39, 0.29) is 90.3 Å². The summed E-state index contributed by atoms with van der Waals surface area (Å²) < 4.78 is 0. The van der Waals surface area contributed by atoms with E-state index < -0.39 is 10.8 Å². The van der Waals surface area contributed by atoms with Gasteiger partial charge in [0.2, 0.25) is 0 Å². The molecule has 0 aliphatic rings. The van der Waals surface area contributed by atoms with Crippen LogP contribution in [0.25, 0.3) is 0 Å². The minimum absolute atomic E-state index is 0.0205. The molecule has 10 aromatic rings. The second-order valence-electron chi connectivity index (χ2n) is 24.1. The number of phenolic OH excluding ortho intramolecular Hbond substituents is 9. The van der Waals surface area contributed by atoms with E-state index in [0.717, 1.165) is 55.6 Å². The van der Waals surface area contributed by atoms with Crippen molar-refractivity contribution in [1.29, 1.82) is 0 Å². The van der Waals surface area contributed by atoms with E-state index in [4.69, 9.17) is 0 Å². The molecule has 1 atom stereocenters. The van der Waals surface area contributed by atoms with E-state index in [0.29, 0.717) is 66.8 Å². The minimum atomic E-state index is -1.11. The van der Waals surface area contributed by atoms with Gasteiger partial charge in [0.1, 0.15) is 51.7 Å². The van der Waals surface area contributed by atoms with Gasteiger partial charge in [-0.15, -0.1) is 0 Å². The molecule has 0 saturated carbocycles. The van der Waals surface area contributed by atoms with Crippen LogP contribution in [-0.2, 0) is 49.4 Å². The van der Waals surface area contributed by atoms with E-state index in [2.05, 4.69) is 45.0 Å². The number of benzene rings is 10. The van der Waals surface area contributed by atoms with Crippen LogP contribution in [0.1, 0.15) is 143 Å². The van der Waals surface area contributed by atoms with Crippen LogP contribution in [0, 0.1) is 34.6 Å². The molecule has 432 valence electrons. The molecule has 9 heteroatoms. The first kappa shape index (κ1) is 58.6. The maximum atomic E-state index is 12.5. The monoisotopic (exact) mass is 1130 g/mol. The van der Waals surface area contributed by atoms with Crippen molar-refractivity contribution in [3.8, 4) is 51.7 Å². The van der Waals surface area contributed by atoms with Crippen molar-refractivity contribution in [2.24, 2.45) is 0 Å². The van der Waals surface area contributed by atoms with Crippen molar-refractivity contribution < 1.29 is 46.0 Å². The zero-order valence-electron chi connectivity index (χ0n) is 49.5. The van der Waals surface area contributed by atoms with Crippen LogP contribution in [0.4, 0.5) is 0 Å². The smallest absolute Gasteiger partial charge is 0.122 e. The van der Waals surface area contributed by atoms with Crippen LogP contribution in [0.2, 0.25) is 0 Å². The van der Waals surface area contributed by atoms with Crippen LogP contribution in [0.15, 0.2) is 176 Å². The highest BCUT2D eigenvalue weighted by atomic mass is 16.3. The Bertz CT molecular complexity index is 4020. The van der Waals surface area contributed by atoms with Crippen LogP contribution < -0.4 is 0 Å². The van der Waals surface area contributed by atoms with E-state index in [1.165, 1.54) is 0 Å². The van der Waals surface area contributed by atoms with Crippen LogP contribution in [-0.4, -0.2) is 46.0 Å². The Morgan fingerprint density at radius 1 is 0.235 bits per heavy atom. The molecule has 0 spiro atoms. The van der Waals surface area contributed by atoms with Gasteiger partial charge in [0.05, 0.1) is 0 Å². The molecular formula is C76H74O9. The third kappa shape index (κ3) is 12.3. The molecule has 9 nitrogen and oxygen atoms in total. The maximum absolute atomic E-state index is 12.5. The molecule has 85 heavy (non-hydrogen) atoms. The highest BCUT2D eigenvalue weighted by Gasteiger charge is 2.36. The summed E-state index contributed by atoms with van der Waals surface area (Å²) in [6.45, 7) is 16.2. The quantitative estimate of drug-likeness (QED) is 0.0401. The highest BCUT2D eigenvalue weighted by molar-refractivity contribution is 5.62. The van der Waals surface area contributed by atoms with Gasteiger partial charge in [-0.1, -0.05) is 181 Å². The Hall–Kier alpha value is -9.60. The summed E-state index contributed by atoms with van der Waals surface area (Å²) in [4.78, 5) is 0. The predicted octanol–water partition coefficient (Wildman–Crippen LogP) is 15.8. The van der Waals surface area contributed by atoms with Gasteiger partial charge in [0.25, 0.3) is 0 Å².